The molecule has 5 heteroatoms. The average molecular weight is 388 g/mol. The minimum absolute atomic E-state index is 0.0851. The number of hydrogen-bond acceptors (Lipinski definition) is 2. The molecule has 0 aromatic heterocycles. The van der Waals surface area contributed by atoms with Crippen LogP contribution in [0.4, 0.5) is 8.78 Å². The Balaban J connectivity index is 2.11. The second-order valence-electron chi connectivity index (χ2n) is 4.21. The fraction of sp³-hybridized carbons (Fsp3) is 0.133. The van der Waals surface area contributed by atoms with Crippen LogP contribution in [0.25, 0.3) is 0 Å². The fourth-order valence-electron chi connectivity index (χ4n) is 1.65. The lowest BCUT2D eigenvalue weighted by Crippen LogP contribution is -2.24. The summed E-state index contributed by atoms with van der Waals surface area (Å²) in [6, 6.07) is 10.3. The lowest BCUT2D eigenvalue weighted by molar-refractivity contribution is 0.0817. The van der Waals surface area contributed by atoms with Gasteiger partial charge in [-0.05, 0) is 72.0 Å². The molecule has 1 atom stereocenters. The molecular formula is C15H11F2IO2. The van der Waals surface area contributed by atoms with E-state index in [0.29, 0.717) is 5.75 Å². The summed E-state index contributed by atoms with van der Waals surface area (Å²) in [6.07, 6.45) is -0.778. The van der Waals surface area contributed by atoms with Crippen LogP contribution in [0.5, 0.6) is 5.75 Å². The van der Waals surface area contributed by atoms with Gasteiger partial charge in [0.05, 0.1) is 0 Å². The molecule has 0 N–H and O–H groups in total. The van der Waals surface area contributed by atoms with Crippen LogP contribution < -0.4 is 4.74 Å². The van der Waals surface area contributed by atoms with Crippen LogP contribution in [0.2, 0.25) is 0 Å². The summed E-state index contributed by atoms with van der Waals surface area (Å²) in [5.41, 5.74) is 0.0851. The van der Waals surface area contributed by atoms with Crippen molar-refractivity contribution in [3.8, 4) is 5.75 Å². The number of halogens is 3. The van der Waals surface area contributed by atoms with Crippen molar-refractivity contribution in [2.45, 2.75) is 13.0 Å². The molecule has 0 saturated carbocycles. The molecule has 0 heterocycles. The summed E-state index contributed by atoms with van der Waals surface area (Å²) in [5.74, 6) is -1.87. The van der Waals surface area contributed by atoms with Gasteiger partial charge in [0.2, 0.25) is 5.78 Å². The molecule has 1 unspecified atom stereocenters. The Morgan fingerprint density at radius 3 is 2.35 bits per heavy atom. The van der Waals surface area contributed by atoms with Crippen LogP contribution in [0.3, 0.4) is 0 Å². The molecule has 20 heavy (non-hydrogen) atoms. The quantitative estimate of drug-likeness (QED) is 0.579. The van der Waals surface area contributed by atoms with Crippen molar-refractivity contribution >= 4 is 28.4 Å². The van der Waals surface area contributed by atoms with Crippen LogP contribution in [0.1, 0.15) is 17.3 Å². The zero-order valence-corrected chi connectivity index (χ0v) is 12.7. The number of carbonyl (C=O) groups excluding carboxylic acids is 1. The molecule has 2 nitrogen and oxygen atoms in total. The molecule has 0 spiro atoms. The van der Waals surface area contributed by atoms with E-state index >= 15 is 0 Å². The summed E-state index contributed by atoms with van der Waals surface area (Å²) in [5, 5.41) is 0. The van der Waals surface area contributed by atoms with Gasteiger partial charge < -0.3 is 4.74 Å². The normalized spacial score (nSPS) is 12.0. The molecular weight excluding hydrogens is 377 g/mol. The Hall–Kier alpha value is -1.50. The largest absolute Gasteiger partial charge is 0.483 e. The van der Waals surface area contributed by atoms with E-state index in [0.717, 1.165) is 15.7 Å². The summed E-state index contributed by atoms with van der Waals surface area (Å²) in [4.78, 5) is 12.1. The Bertz CT molecular complexity index is 626. The number of rotatable bonds is 4. The number of hydrogen-bond donors (Lipinski definition) is 0. The van der Waals surface area contributed by atoms with Gasteiger partial charge in [-0.25, -0.2) is 8.78 Å². The third kappa shape index (κ3) is 3.53. The second kappa shape index (κ2) is 6.30. The molecule has 2 rings (SSSR count). The fourth-order valence-corrected chi connectivity index (χ4v) is 2.01. The molecule has 0 bridgehead atoms. The van der Waals surface area contributed by atoms with Crippen molar-refractivity contribution in [3.63, 3.8) is 0 Å². The van der Waals surface area contributed by atoms with E-state index in [1.54, 1.807) is 19.1 Å². The van der Waals surface area contributed by atoms with Gasteiger partial charge in [0.1, 0.15) is 5.75 Å². The maximum atomic E-state index is 13.1. The first-order chi connectivity index (χ1) is 9.47. The van der Waals surface area contributed by atoms with Crippen LogP contribution in [0, 0.1) is 15.2 Å². The van der Waals surface area contributed by atoms with Crippen molar-refractivity contribution in [2.75, 3.05) is 0 Å². The SMILES string of the molecule is CC(Oc1ccc(I)cc1)C(=O)c1ccc(F)c(F)c1. The van der Waals surface area contributed by atoms with Gasteiger partial charge in [0, 0.05) is 9.13 Å². The average Bonchev–Trinajstić information content (AvgIpc) is 2.43. The predicted molar refractivity (Wildman–Crippen MR) is 79.9 cm³/mol. The van der Waals surface area contributed by atoms with E-state index in [4.69, 9.17) is 4.74 Å². The lowest BCUT2D eigenvalue weighted by Gasteiger charge is -2.14. The summed E-state index contributed by atoms with van der Waals surface area (Å²) in [6.45, 7) is 1.57. The summed E-state index contributed by atoms with van der Waals surface area (Å²) in [7, 11) is 0. The van der Waals surface area contributed by atoms with Crippen molar-refractivity contribution in [1.82, 2.24) is 0 Å². The third-order valence-electron chi connectivity index (χ3n) is 2.70. The van der Waals surface area contributed by atoms with Crippen molar-refractivity contribution in [3.05, 3.63) is 63.2 Å². The van der Waals surface area contributed by atoms with Crippen molar-refractivity contribution in [2.24, 2.45) is 0 Å². The minimum atomic E-state index is -1.04. The zero-order valence-electron chi connectivity index (χ0n) is 10.6. The van der Waals surface area contributed by atoms with Crippen LogP contribution in [-0.4, -0.2) is 11.9 Å². The van der Waals surface area contributed by atoms with E-state index in [9.17, 15) is 13.6 Å². The van der Waals surface area contributed by atoms with Gasteiger partial charge in [0.15, 0.2) is 17.7 Å². The van der Waals surface area contributed by atoms with Crippen LogP contribution in [-0.2, 0) is 0 Å². The molecule has 0 aliphatic rings. The number of ether oxygens (including phenoxy) is 1. The van der Waals surface area contributed by atoms with Crippen LogP contribution in [0.15, 0.2) is 42.5 Å². The molecule has 0 aliphatic heterocycles. The Morgan fingerprint density at radius 2 is 1.75 bits per heavy atom. The van der Waals surface area contributed by atoms with Gasteiger partial charge in [-0.1, -0.05) is 0 Å². The predicted octanol–water partition coefficient (Wildman–Crippen LogP) is 4.22. The lowest BCUT2D eigenvalue weighted by atomic mass is 10.1. The maximum absolute atomic E-state index is 13.1. The molecule has 0 amide bonds. The Labute approximate surface area is 128 Å². The topological polar surface area (TPSA) is 26.3 Å². The highest BCUT2D eigenvalue weighted by molar-refractivity contribution is 14.1. The molecule has 104 valence electrons. The smallest absolute Gasteiger partial charge is 0.203 e. The summed E-state index contributed by atoms with van der Waals surface area (Å²) < 4.78 is 32.5. The number of Topliss-reactive ketones (excluding diaryl/α,β-unsaturated/α-hetero) is 1. The summed E-state index contributed by atoms with van der Waals surface area (Å²) >= 11 is 2.16. The number of benzene rings is 2. The minimum Gasteiger partial charge on any atom is -0.483 e. The van der Waals surface area contributed by atoms with E-state index < -0.39 is 23.5 Å². The van der Waals surface area contributed by atoms with Gasteiger partial charge in [-0.2, -0.15) is 0 Å². The Morgan fingerprint density at radius 1 is 1.10 bits per heavy atom. The molecule has 2 aromatic rings. The van der Waals surface area contributed by atoms with Crippen molar-refractivity contribution in [1.29, 1.82) is 0 Å². The molecule has 0 aliphatic carbocycles. The van der Waals surface area contributed by atoms with E-state index in [1.165, 1.54) is 6.07 Å². The van der Waals surface area contributed by atoms with Crippen LogP contribution >= 0.6 is 22.6 Å². The first kappa shape index (κ1) is 14.9. The molecule has 2 aromatic carbocycles. The highest BCUT2D eigenvalue weighted by Crippen LogP contribution is 2.17. The highest BCUT2D eigenvalue weighted by atomic mass is 127. The van der Waals surface area contributed by atoms with Gasteiger partial charge >= 0.3 is 0 Å². The molecule has 0 fully saturated rings. The van der Waals surface area contributed by atoms with Gasteiger partial charge in [-0.15, -0.1) is 0 Å². The maximum Gasteiger partial charge on any atom is 0.203 e. The van der Waals surface area contributed by atoms with E-state index in [2.05, 4.69) is 22.6 Å². The molecule has 0 radical (unpaired) electrons. The van der Waals surface area contributed by atoms with Gasteiger partial charge in [0.25, 0.3) is 0 Å². The van der Waals surface area contributed by atoms with E-state index in [-0.39, 0.29) is 5.56 Å². The number of carbonyl (C=O) groups is 1. The molecule has 0 saturated heterocycles. The third-order valence-corrected chi connectivity index (χ3v) is 3.42. The second-order valence-corrected chi connectivity index (χ2v) is 5.45. The monoisotopic (exact) mass is 388 g/mol. The highest BCUT2D eigenvalue weighted by Gasteiger charge is 2.18. The van der Waals surface area contributed by atoms with Crippen molar-refractivity contribution < 1.29 is 18.3 Å². The first-order valence-corrected chi connectivity index (χ1v) is 6.97. The van der Waals surface area contributed by atoms with Gasteiger partial charge in [-0.3, -0.25) is 4.79 Å². The zero-order chi connectivity index (χ0) is 14.7. The van der Waals surface area contributed by atoms with E-state index in [1.807, 2.05) is 12.1 Å². The Kier molecular flexibility index (Phi) is 4.69. The standard InChI is InChI=1S/C15H11F2IO2/c1-9(20-12-5-3-11(18)4-6-12)15(19)10-2-7-13(16)14(17)8-10/h2-9H,1H3. The first-order valence-electron chi connectivity index (χ1n) is 5.89. The number of ketones is 1.